The molecule has 1 aromatic carbocycles. The Morgan fingerprint density at radius 2 is 1.77 bits per heavy atom. The predicted molar refractivity (Wildman–Crippen MR) is 129 cm³/mol. The lowest BCUT2D eigenvalue weighted by atomic mass is 9.95. The molecule has 1 aliphatic rings. The molecule has 0 aliphatic heterocycles. The van der Waals surface area contributed by atoms with Gasteiger partial charge in [-0.2, -0.15) is 0 Å². The summed E-state index contributed by atoms with van der Waals surface area (Å²) in [5.74, 6) is -0.0497. The lowest BCUT2D eigenvalue weighted by Gasteiger charge is -2.32. The second-order valence-corrected chi connectivity index (χ2v) is 8.86. The Balaban J connectivity index is 1.60. The third-order valence-corrected chi connectivity index (χ3v) is 6.20. The maximum Gasteiger partial charge on any atom is 0.287 e. The van der Waals surface area contributed by atoms with Gasteiger partial charge in [0.25, 0.3) is 11.8 Å². The van der Waals surface area contributed by atoms with Gasteiger partial charge in [0.2, 0.25) is 5.91 Å². The van der Waals surface area contributed by atoms with Gasteiger partial charge in [0.1, 0.15) is 11.5 Å². The average molecular weight is 478 g/mol. The van der Waals surface area contributed by atoms with Crippen LogP contribution in [0.25, 0.3) is 0 Å². The summed E-state index contributed by atoms with van der Waals surface area (Å²) >= 11 is 0. The zero-order chi connectivity index (χ0) is 24.6. The first-order valence-corrected chi connectivity index (χ1v) is 12.0. The number of nitrogens with one attached hydrogen (secondary N) is 2. The molecule has 1 atom stereocenters. The third kappa shape index (κ3) is 6.41. The Morgan fingerprint density at radius 3 is 2.43 bits per heavy atom. The minimum Gasteiger partial charge on any atom is -0.464 e. The van der Waals surface area contributed by atoms with Crippen LogP contribution in [0.15, 0.2) is 69.7 Å². The van der Waals surface area contributed by atoms with Crippen LogP contribution in [0.3, 0.4) is 0 Å². The van der Waals surface area contributed by atoms with Crippen LogP contribution in [-0.4, -0.2) is 35.2 Å². The smallest absolute Gasteiger partial charge is 0.287 e. The lowest BCUT2D eigenvalue weighted by molar-refractivity contribution is -0.142. The zero-order valence-corrected chi connectivity index (χ0v) is 19.9. The lowest BCUT2D eigenvalue weighted by Crippen LogP contribution is -2.49. The molecule has 4 rings (SSSR count). The van der Waals surface area contributed by atoms with Crippen molar-refractivity contribution >= 4 is 17.7 Å². The fourth-order valence-corrected chi connectivity index (χ4v) is 4.41. The normalized spacial score (nSPS) is 14.8. The first kappa shape index (κ1) is 24.3. The van der Waals surface area contributed by atoms with Crippen LogP contribution in [0.1, 0.15) is 65.8 Å². The number of carbonyl (C=O) groups excluding carboxylic acids is 3. The monoisotopic (exact) mass is 477 g/mol. The number of benzene rings is 1. The van der Waals surface area contributed by atoms with E-state index in [9.17, 15) is 14.4 Å². The molecule has 8 nitrogen and oxygen atoms in total. The maximum absolute atomic E-state index is 13.6. The largest absolute Gasteiger partial charge is 0.464 e. The number of rotatable bonds is 9. The Kier molecular flexibility index (Phi) is 8.03. The van der Waals surface area contributed by atoms with E-state index in [2.05, 4.69) is 10.6 Å². The molecular weight excluding hydrogens is 446 g/mol. The number of amides is 3. The van der Waals surface area contributed by atoms with Gasteiger partial charge in [-0.1, -0.05) is 49.6 Å². The quantitative estimate of drug-likeness (QED) is 0.482. The minimum absolute atomic E-state index is 0.0714. The second kappa shape index (κ2) is 11.6. The number of hydrogen-bond acceptors (Lipinski definition) is 5. The van der Waals surface area contributed by atoms with Crippen LogP contribution in [0.4, 0.5) is 0 Å². The molecule has 1 saturated carbocycles. The summed E-state index contributed by atoms with van der Waals surface area (Å²) in [7, 11) is 0. The van der Waals surface area contributed by atoms with Crippen LogP contribution in [0.2, 0.25) is 0 Å². The highest BCUT2D eigenvalue weighted by Crippen LogP contribution is 2.27. The Morgan fingerprint density at radius 1 is 1.00 bits per heavy atom. The van der Waals surface area contributed by atoms with E-state index in [1.165, 1.54) is 23.7 Å². The maximum atomic E-state index is 13.6. The molecule has 0 radical (unpaired) electrons. The molecule has 3 amide bonds. The van der Waals surface area contributed by atoms with Gasteiger partial charge >= 0.3 is 0 Å². The fraction of sp³-hybridized carbons (Fsp3) is 0.370. The minimum atomic E-state index is -0.973. The molecule has 2 N–H and O–H groups in total. The van der Waals surface area contributed by atoms with Gasteiger partial charge in [0.15, 0.2) is 11.8 Å². The van der Waals surface area contributed by atoms with Gasteiger partial charge in [-0.15, -0.1) is 0 Å². The van der Waals surface area contributed by atoms with Crippen molar-refractivity contribution in [2.24, 2.45) is 0 Å². The Bertz CT molecular complexity index is 1120. The molecule has 2 heterocycles. The van der Waals surface area contributed by atoms with Crippen LogP contribution < -0.4 is 10.6 Å². The van der Waals surface area contributed by atoms with E-state index >= 15 is 0 Å². The molecule has 2 aromatic heterocycles. The predicted octanol–water partition coefficient (Wildman–Crippen LogP) is 4.13. The molecule has 1 fully saturated rings. The van der Waals surface area contributed by atoms with E-state index in [4.69, 9.17) is 8.83 Å². The number of furan rings is 2. The van der Waals surface area contributed by atoms with Crippen molar-refractivity contribution in [2.45, 2.75) is 57.7 Å². The highest BCUT2D eigenvalue weighted by atomic mass is 16.3. The first-order chi connectivity index (χ1) is 17.0. The van der Waals surface area contributed by atoms with Gasteiger partial charge in [0, 0.05) is 12.6 Å². The Labute approximate surface area is 204 Å². The number of carbonyl (C=O) groups is 3. The summed E-state index contributed by atoms with van der Waals surface area (Å²) in [5.41, 5.74) is 0.858. The van der Waals surface area contributed by atoms with E-state index in [1.54, 1.807) is 25.1 Å². The molecule has 0 spiro atoms. The van der Waals surface area contributed by atoms with Crippen molar-refractivity contribution in [1.82, 2.24) is 15.5 Å². The Hall–Kier alpha value is -3.81. The summed E-state index contributed by atoms with van der Waals surface area (Å²) in [6.07, 6.45) is 6.54. The average Bonchev–Trinajstić information content (AvgIpc) is 3.56. The summed E-state index contributed by atoms with van der Waals surface area (Å²) in [6.45, 7) is 1.69. The molecule has 3 aromatic rings. The van der Waals surface area contributed by atoms with Gasteiger partial charge in [-0.3, -0.25) is 14.4 Å². The first-order valence-electron chi connectivity index (χ1n) is 12.0. The van der Waals surface area contributed by atoms with Crippen LogP contribution >= 0.6 is 0 Å². The SMILES string of the molecule is Cc1ccc([C@H](C(=O)NC2CCCCC2)N(Cc2ccccc2)C(=O)CNC(=O)c2ccco2)o1. The van der Waals surface area contributed by atoms with E-state index in [0.717, 1.165) is 31.2 Å². The highest BCUT2D eigenvalue weighted by Gasteiger charge is 2.35. The molecule has 0 saturated heterocycles. The summed E-state index contributed by atoms with van der Waals surface area (Å²) in [4.78, 5) is 40.9. The molecule has 1 aliphatic carbocycles. The number of aryl methyl sites for hydroxylation is 1. The van der Waals surface area contributed by atoms with Crippen molar-refractivity contribution in [1.29, 1.82) is 0 Å². The van der Waals surface area contributed by atoms with Crippen molar-refractivity contribution in [3.05, 3.63) is 83.7 Å². The number of hydrogen-bond donors (Lipinski definition) is 2. The zero-order valence-electron chi connectivity index (χ0n) is 19.9. The van der Waals surface area contributed by atoms with Crippen molar-refractivity contribution < 1.29 is 23.2 Å². The van der Waals surface area contributed by atoms with E-state index < -0.39 is 17.9 Å². The molecular formula is C27H31N3O5. The standard InChI is InChI=1S/C27H31N3O5/c1-19-14-15-22(35-19)25(27(33)29-21-11-6-3-7-12-21)30(18-20-9-4-2-5-10-20)24(31)17-28-26(32)23-13-8-16-34-23/h2,4-5,8-10,13-16,21,25H,3,6-7,11-12,17-18H2,1H3,(H,28,32)(H,29,33)/t25-/m1/s1. The van der Waals surface area contributed by atoms with E-state index in [-0.39, 0.29) is 30.8 Å². The summed E-state index contributed by atoms with van der Waals surface area (Å²) in [5, 5.41) is 5.74. The van der Waals surface area contributed by atoms with E-state index in [0.29, 0.717) is 11.5 Å². The number of nitrogens with zero attached hydrogens (tertiary/aromatic N) is 1. The van der Waals surface area contributed by atoms with Gasteiger partial charge < -0.3 is 24.4 Å². The van der Waals surface area contributed by atoms with Crippen molar-refractivity contribution in [3.63, 3.8) is 0 Å². The molecule has 0 bridgehead atoms. The van der Waals surface area contributed by atoms with Gasteiger partial charge in [-0.25, -0.2) is 0 Å². The third-order valence-electron chi connectivity index (χ3n) is 6.20. The molecule has 0 unspecified atom stereocenters. The summed E-state index contributed by atoms with van der Waals surface area (Å²) < 4.78 is 11.0. The second-order valence-electron chi connectivity index (χ2n) is 8.86. The van der Waals surface area contributed by atoms with Gasteiger partial charge in [0.05, 0.1) is 12.8 Å². The molecule has 8 heteroatoms. The van der Waals surface area contributed by atoms with Crippen LogP contribution in [0.5, 0.6) is 0 Å². The highest BCUT2D eigenvalue weighted by molar-refractivity contribution is 5.95. The van der Waals surface area contributed by atoms with E-state index in [1.807, 2.05) is 30.3 Å². The van der Waals surface area contributed by atoms with Crippen LogP contribution in [-0.2, 0) is 16.1 Å². The fourth-order valence-electron chi connectivity index (χ4n) is 4.41. The topological polar surface area (TPSA) is 105 Å². The van der Waals surface area contributed by atoms with Crippen LogP contribution in [0, 0.1) is 6.92 Å². The molecule has 184 valence electrons. The summed E-state index contributed by atoms with van der Waals surface area (Å²) in [6, 6.07) is 15.2. The molecule has 35 heavy (non-hydrogen) atoms. The van der Waals surface area contributed by atoms with Crippen molar-refractivity contribution in [2.75, 3.05) is 6.54 Å². The van der Waals surface area contributed by atoms with Crippen molar-refractivity contribution in [3.8, 4) is 0 Å². The van der Waals surface area contributed by atoms with Gasteiger partial charge in [-0.05, 0) is 49.6 Å².